The summed E-state index contributed by atoms with van der Waals surface area (Å²) in [6, 6.07) is 0. The van der Waals surface area contributed by atoms with Crippen LogP contribution in [-0.2, 0) is 10.0 Å². The minimum absolute atomic E-state index is 0.282. The Balaban J connectivity index is 2.92. The number of halogens is 1. The number of hydrogen-bond donors (Lipinski definition) is 0. The normalized spacial score (nSPS) is 19.4. The van der Waals surface area contributed by atoms with Crippen LogP contribution in [0.4, 0.5) is 0 Å². The van der Waals surface area contributed by atoms with Crippen LogP contribution in [0.2, 0.25) is 0 Å². The van der Waals surface area contributed by atoms with E-state index in [9.17, 15) is 8.42 Å². The third kappa shape index (κ3) is 4.25. The maximum Gasteiger partial charge on any atom is 0.259 e. The maximum absolute atomic E-state index is 12.3. The average molecular weight is 312 g/mol. The van der Waals surface area contributed by atoms with Gasteiger partial charge in [0.2, 0.25) is 0 Å². The molecule has 0 aromatic rings. The van der Waals surface area contributed by atoms with Crippen LogP contribution in [-0.4, -0.2) is 19.3 Å². The van der Waals surface area contributed by atoms with E-state index in [1.165, 1.54) is 4.31 Å². The molecule has 0 radical (unpaired) electrons. The van der Waals surface area contributed by atoms with Crippen molar-refractivity contribution in [1.82, 2.24) is 4.31 Å². The van der Waals surface area contributed by atoms with Gasteiger partial charge < -0.3 is 0 Å². The highest BCUT2D eigenvalue weighted by Gasteiger charge is 2.24. The molecule has 0 atom stereocenters. The molecule has 1 aliphatic rings. The summed E-state index contributed by atoms with van der Waals surface area (Å²) in [5.41, 5.74) is 0.829. The van der Waals surface area contributed by atoms with E-state index >= 15 is 0 Å². The summed E-state index contributed by atoms with van der Waals surface area (Å²) in [6.45, 7) is 7.25. The fourth-order valence-corrected chi connectivity index (χ4v) is 2.95. The van der Waals surface area contributed by atoms with E-state index in [-0.39, 0.29) is 6.54 Å². The van der Waals surface area contributed by atoms with E-state index in [1.807, 2.05) is 6.92 Å². The molecule has 0 unspecified atom stereocenters. The van der Waals surface area contributed by atoms with Crippen LogP contribution < -0.4 is 0 Å². The SMILES string of the molecule is C=CC=C(Cl)C=C1C=CN(S(=O)(=O)C(C)=CC=CC)C1. The highest BCUT2D eigenvalue weighted by molar-refractivity contribution is 7.93. The summed E-state index contributed by atoms with van der Waals surface area (Å²) in [5.74, 6) is 0. The summed E-state index contributed by atoms with van der Waals surface area (Å²) >= 11 is 5.95. The number of nitrogens with zero attached hydrogens (tertiary/aromatic N) is 1. The van der Waals surface area contributed by atoms with Gasteiger partial charge in [-0.3, -0.25) is 4.31 Å². The third-order valence-electron chi connectivity index (χ3n) is 2.63. The Morgan fingerprint density at radius 2 is 2.15 bits per heavy atom. The first-order valence-corrected chi connectivity index (χ1v) is 7.92. The minimum Gasteiger partial charge on any atom is -0.269 e. The van der Waals surface area contributed by atoms with Crippen molar-refractivity contribution < 1.29 is 8.42 Å². The molecule has 0 aliphatic carbocycles. The lowest BCUT2D eigenvalue weighted by molar-refractivity contribution is 0.534. The molecule has 0 saturated heterocycles. The number of rotatable bonds is 5. The van der Waals surface area contributed by atoms with E-state index in [0.29, 0.717) is 9.94 Å². The molecule has 1 rings (SSSR count). The number of sulfonamides is 1. The standard InChI is InChI=1S/C15H18ClNO2S/c1-4-6-8-13(3)20(18,19)17-10-9-14(12-17)11-15(16)7-5-2/h4-11H,2,12H2,1,3H3. The van der Waals surface area contributed by atoms with Crippen LogP contribution in [0.15, 0.2) is 70.8 Å². The molecule has 1 aliphatic heterocycles. The van der Waals surface area contributed by atoms with Crippen LogP contribution >= 0.6 is 11.6 Å². The van der Waals surface area contributed by atoms with Crippen molar-refractivity contribution in [2.24, 2.45) is 0 Å². The summed E-state index contributed by atoms with van der Waals surface area (Å²) in [6.07, 6.45) is 13.3. The van der Waals surface area contributed by atoms with Crippen molar-refractivity contribution >= 4 is 21.6 Å². The lowest BCUT2D eigenvalue weighted by Crippen LogP contribution is -2.25. The monoisotopic (exact) mass is 311 g/mol. The van der Waals surface area contributed by atoms with Crippen LogP contribution in [0.1, 0.15) is 13.8 Å². The second kappa shape index (κ2) is 7.31. The van der Waals surface area contributed by atoms with Crippen LogP contribution in [0, 0.1) is 0 Å². The van der Waals surface area contributed by atoms with Gasteiger partial charge in [-0.25, -0.2) is 8.42 Å². The fraction of sp³-hybridized carbons (Fsp3) is 0.200. The second-order valence-electron chi connectivity index (χ2n) is 4.18. The fourth-order valence-electron chi connectivity index (χ4n) is 1.56. The lowest BCUT2D eigenvalue weighted by atomic mass is 10.2. The predicted molar refractivity (Wildman–Crippen MR) is 85.6 cm³/mol. The Kier molecular flexibility index (Phi) is 6.05. The molecule has 0 N–H and O–H groups in total. The largest absolute Gasteiger partial charge is 0.269 e. The molecule has 0 aromatic heterocycles. The van der Waals surface area contributed by atoms with Crippen molar-refractivity contribution in [2.75, 3.05) is 6.54 Å². The van der Waals surface area contributed by atoms with E-state index in [0.717, 1.165) is 5.57 Å². The highest BCUT2D eigenvalue weighted by atomic mass is 35.5. The van der Waals surface area contributed by atoms with Gasteiger partial charge >= 0.3 is 0 Å². The van der Waals surface area contributed by atoms with Gasteiger partial charge in [0.25, 0.3) is 10.0 Å². The minimum atomic E-state index is -3.46. The van der Waals surface area contributed by atoms with Gasteiger partial charge in [0.15, 0.2) is 0 Å². The Bertz CT molecular complexity index is 622. The van der Waals surface area contributed by atoms with Crippen molar-refractivity contribution in [3.05, 3.63) is 70.8 Å². The van der Waals surface area contributed by atoms with Gasteiger partial charge in [-0.1, -0.05) is 36.4 Å². The molecule has 0 aromatic carbocycles. The molecule has 5 heteroatoms. The van der Waals surface area contributed by atoms with Crippen LogP contribution in [0.25, 0.3) is 0 Å². The molecule has 3 nitrogen and oxygen atoms in total. The van der Waals surface area contributed by atoms with Gasteiger partial charge in [-0.15, -0.1) is 0 Å². The zero-order valence-corrected chi connectivity index (χ0v) is 13.2. The summed E-state index contributed by atoms with van der Waals surface area (Å²) < 4.78 is 25.9. The Hall–Kier alpha value is -1.52. The summed E-state index contributed by atoms with van der Waals surface area (Å²) in [7, 11) is -3.46. The molecule has 108 valence electrons. The first-order valence-electron chi connectivity index (χ1n) is 6.10. The topological polar surface area (TPSA) is 37.4 Å². The molecule has 20 heavy (non-hydrogen) atoms. The van der Waals surface area contributed by atoms with E-state index in [1.54, 1.807) is 55.7 Å². The molecular formula is C15H18ClNO2S. The van der Waals surface area contributed by atoms with E-state index < -0.39 is 10.0 Å². The van der Waals surface area contributed by atoms with Crippen LogP contribution in [0.5, 0.6) is 0 Å². The summed E-state index contributed by atoms with van der Waals surface area (Å²) in [5, 5.41) is 0.514. The molecule has 0 saturated carbocycles. The van der Waals surface area contributed by atoms with Gasteiger partial charge in [0, 0.05) is 11.2 Å². The number of allylic oxidation sites excluding steroid dienone is 8. The van der Waals surface area contributed by atoms with Gasteiger partial charge in [-0.05, 0) is 43.7 Å². The van der Waals surface area contributed by atoms with Gasteiger partial charge in [-0.2, -0.15) is 0 Å². The highest BCUT2D eigenvalue weighted by Crippen LogP contribution is 2.22. The molecule has 0 spiro atoms. The van der Waals surface area contributed by atoms with Crippen LogP contribution in [0.3, 0.4) is 0 Å². The Morgan fingerprint density at radius 1 is 1.45 bits per heavy atom. The smallest absolute Gasteiger partial charge is 0.259 e. The molecule has 0 bridgehead atoms. The zero-order valence-electron chi connectivity index (χ0n) is 11.6. The predicted octanol–water partition coefficient (Wildman–Crippen LogP) is 3.86. The molecule has 0 fully saturated rings. The number of hydrogen-bond acceptors (Lipinski definition) is 2. The van der Waals surface area contributed by atoms with E-state index in [2.05, 4.69) is 6.58 Å². The lowest BCUT2D eigenvalue weighted by Gasteiger charge is -2.16. The Labute approximate surface area is 126 Å². The van der Waals surface area contributed by atoms with Crippen molar-refractivity contribution in [2.45, 2.75) is 13.8 Å². The second-order valence-corrected chi connectivity index (χ2v) is 6.68. The van der Waals surface area contributed by atoms with Gasteiger partial charge in [0.05, 0.1) is 11.4 Å². The average Bonchev–Trinajstić information content (AvgIpc) is 2.85. The molecule has 0 amide bonds. The zero-order chi connectivity index (χ0) is 15.2. The van der Waals surface area contributed by atoms with Crippen molar-refractivity contribution in [3.63, 3.8) is 0 Å². The quantitative estimate of drug-likeness (QED) is 0.723. The van der Waals surface area contributed by atoms with Crippen molar-refractivity contribution in [3.8, 4) is 0 Å². The molecular weight excluding hydrogens is 294 g/mol. The van der Waals surface area contributed by atoms with Gasteiger partial charge in [0.1, 0.15) is 0 Å². The first-order chi connectivity index (χ1) is 9.41. The third-order valence-corrected chi connectivity index (χ3v) is 4.69. The Morgan fingerprint density at radius 3 is 2.75 bits per heavy atom. The van der Waals surface area contributed by atoms with E-state index in [4.69, 9.17) is 11.6 Å². The first kappa shape index (κ1) is 16.5. The maximum atomic E-state index is 12.3. The molecule has 1 heterocycles. The van der Waals surface area contributed by atoms with Crippen molar-refractivity contribution in [1.29, 1.82) is 0 Å². The summed E-state index contributed by atoms with van der Waals surface area (Å²) in [4.78, 5) is 0.300.